The molecule has 1 unspecified atom stereocenters. The second kappa shape index (κ2) is 8.85. The van der Waals surface area contributed by atoms with Crippen molar-refractivity contribution in [3.8, 4) is 0 Å². The Balaban J connectivity index is 1.94. The summed E-state index contributed by atoms with van der Waals surface area (Å²) in [6.45, 7) is 2.03. The molecule has 0 aliphatic heterocycles. The van der Waals surface area contributed by atoms with Crippen LogP contribution in [-0.4, -0.2) is 18.2 Å². The molecule has 13 heteroatoms. The van der Waals surface area contributed by atoms with E-state index in [-0.39, 0.29) is 10.6 Å². The number of alkyl halides is 3. The molecule has 0 saturated carbocycles. The van der Waals surface area contributed by atoms with Crippen LogP contribution in [0.2, 0.25) is 0 Å². The number of carbonyl (C=O) groups excluding carboxylic acids is 1. The molecule has 1 aromatic heterocycles. The van der Waals surface area contributed by atoms with Crippen molar-refractivity contribution in [3.63, 3.8) is 0 Å². The first-order valence-corrected chi connectivity index (χ1v) is 10.3. The van der Waals surface area contributed by atoms with Gasteiger partial charge < -0.3 is 15.4 Å². The predicted octanol–water partition coefficient (Wildman–Crippen LogP) is 6.04. The minimum Gasteiger partial charge on any atom is -0.465 e. The van der Waals surface area contributed by atoms with Gasteiger partial charge in [0.05, 0.1) is 12.7 Å². The van der Waals surface area contributed by atoms with Gasteiger partial charge in [0, 0.05) is 4.88 Å². The number of rotatable bonds is 3. The van der Waals surface area contributed by atoms with Gasteiger partial charge in [-0.05, 0) is 43.0 Å². The van der Waals surface area contributed by atoms with E-state index in [2.05, 4.69) is 5.32 Å². The topological polar surface area (TPSA) is 50.4 Å². The molecule has 0 fully saturated rings. The summed E-state index contributed by atoms with van der Waals surface area (Å²) in [7, 11) is 1.16. The van der Waals surface area contributed by atoms with Gasteiger partial charge in [0.2, 0.25) is 0 Å². The van der Waals surface area contributed by atoms with E-state index in [0.29, 0.717) is 18.8 Å². The zero-order chi connectivity index (χ0) is 24.0. The van der Waals surface area contributed by atoms with Gasteiger partial charge in [-0.2, -0.15) is 13.2 Å². The zero-order valence-electron chi connectivity index (χ0n) is 16.5. The molecule has 174 valence electrons. The van der Waals surface area contributed by atoms with Gasteiger partial charge in [-0.1, -0.05) is 6.92 Å². The lowest BCUT2D eigenvalue weighted by Gasteiger charge is -2.18. The van der Waals surface area contributed by atoms with Crippen molar-refractivity contribution in [1.82, 2.24) is 0 Å². The summed E-state index contributed by atoms with van der Waals surface area (Å²) in [5, 5.41) is 3.93. The number of carbonyl (C=O) groups is 1. The van der Waals surface area contributed by atoms with Crippen molar-refractivity contribution in [2.24, 2.45) is 5.92 Å². The Kier molecular flexibility index (Phi) is 6.70. The SMILES string of the molecule is COC(=O)c1c(NC(=S)Nc2c(F)c(F)c(C(F)(F)F)c(F)c2F)sc2c1CCC(C)C2. The quantitative estimate of drug-likeness (QED) is 0.233. The first-order chi connectivity index (χ1) is 14.9. The molecule has 3 rings (SSSR count). The summed E-state index contributed by atoms with van der Waals surface area (Å²) in [6.07, 6.45) is -3.59. The van der Waals surface area contributed by atoms with Crippen LogP contribution < -0.4 is 10.6 Å². The van der Waals surface area contributed by atoms with Crippen LogP contribution in [0.1, 0.15) is 39.7 Å². The van der Waals surface area contributed by atoms with Gasteiger partial charge in [-0.3, -0.25) is 0 Å². The van der Waals surface area contributed by atoms with Gasteiger partial charge in [-0.25, -0.2) is 22.4 Å². The van der Waals surface area contributed by atoms with Crippen molar-refractivity contribution >= 4 is 45.3 Å². The molecule has 1 heterocycles. The van der Waals surface area contributed by atoms with Crippen molar-refractivity contribution in [1.29, 1.82) is 0 Å². The average Bonchev–Trinajstić information content (AvgIpc) is 3.04. The number of nitrogens with one attached hydrogen (secondary N) is 2. The second-order valence-electron chi connectivity index (χ2n) is 7.13. The molecule has 1 aromatic carbocycles. The molecule has 0 saturated heterocycles. The van der Waals surface area contributed by atoms with Gasteiger partial charge in [-0.15, -0.1) is 11.3 Å². The van der Waals surface area contributed by atoms with E-state index in [4.69, 9.17) is 17.0 Å². The number of thiophene rings is 1. The van der Waals surface area contributed by atoms with Crippen molar-refractivity contribution < 1.29 is 40.3 Å². The molecule has 0 bridgehead atoms. The van der Waals surface area contributed by atoms with E-state index >= 15 is 0 Å². The molecular weight excluding hydrogens is 485 g/mol. The van der Waals surface area contributed by atoms with Crippen molar-refractivity contribution in [2.45, 2.75) is 32.4 Å². The average molecular weight is 500 g/mol. The smallest absolute Gasteiger partial charge is 0.422 e. The Morgan fingerprint density at radius 1 is 1.09 bits per heavy atom. The van der Waals surface area contributed by atoms with Crippen LogP contribution in [0.3, 0.4) is 0 Å². The number of benzene rings is 1. The van der Waals surface area contributed by atoms with Gasteiger partial charge in [0.1, 0.15) is 16.3 Å². The molecule has 1 atom stereocenters. The summed E-state index contributed by atoms with van der Waals surface area (Å²) in [5.74, 6) is -10.2. The third-order valence-electron chi connectivity index (χ3n) is 4.91. The number of thiocarbonyl (C=S) groups is 1. The van der Waals surface area contributed by atoms with Gasteiger partial charge in [0.15, 0.2) is 28.4 Å². The van der Waals surface area contributed by atoms with E-state index in [1.807, 2.05) is 12.2 Å². The third kappa shape index (κ3) is 4.40. The molecule has 32 heavy (non-hydrogen) atoms. The fourth-order valence-corrected chi connectivity index (χ4v) is 5.07. The number of anilines is 2. The lowest BCUT2D eigenvalue weighted by atomic mass is 9.88. The molecule has 0 radical (unpaired) electrons. The van der Waals surface area contributed by atoms with Crippen molar-refractivity contribution in [3.05, 3.63) is 44.8 Å². The molecule has 4 nitrogen and oxygen atoms in total. The lowest BCUT2D eigenvalue weighted by molar-refractivity contribution is -0.143. The highest BCUT2D eigenvalue weighted by Gasteiger charge is 2.42. The summed E-state index contributed by atoms with van der Waals surface area (Å²) in [4.78, 5) is 13.1. The first-order valence-electron chi connectivity index (χ1n) is 9.10. The summed E-state index contributed by atoms with van der Waals surface area (Å²) in [6, 6.07) is 0. The molecule has 0 amide bonds. The van der Waals surface area contributed by atoms with Gasteiger partial charge >= 0.3 is 12.1 Å². The van der Waals surface area contributed by atoms with Crippen LogP contribution in [0.4, 0.5) is 41.4 Å². The monoisotopic (exact) mass is 500 g/mol. The van der Waals surface area contributed by atoms with Gasteiger partial charge in [0.25, 0.3) is 0 Å². The summed E-state index contributed by atoms with van der Waals surface area (Å²) < 4.78 is 98.9. The number of ether oxygens (including phenoxy) is 1. The van der Waals surface area contributed by atoms with Crippen LogP contribution in [0, 0.1) is 29.2 Å². The summed E-state index contributed by atoms with van der Waals surface area (Å²) in [5.41, 5.74) is -3.34. The highest BCUT2D eigenvalue weighted by Crippen LogP contribution is 2.41. The Morgan fingerprint density at radius 3 is 2.22 bits per heavy atom. The Labute approximate surface area is 186 Å². The number of halogens is 7. The molecule has 2 N–H and O–H groups in total. The van der Waals surface area contributed by atoms with Crippen LogP contribution in [0.25, 0.3) is 0 Å². The second-order valence-corrected chi connectivity index (χ2v) is 8.64. The molecule has 1 aliphatic rings. The Bertz CT molecular complexity index is 1070. The molecular formula is C19H15F7N2O2S2. The number of hydrogen-bond acceptors (Lipinski definition) is 4. The minimum atomic E-state index is -5.66. The van der Waals surface area contributed by atoms with Crippen LogP contribution in [-0.2, 0) is 23.8 Å². The maximum atomic E-state index is 14.1. The van der Waals surface area contributed by atoms with E-state index in [9.17, 15) is 35.5 Å². The van der Waals surface area contributed by atoms with Crippen molar-refractivity contribution in [2.75, 3.05) is 17.7 Å². The maximum Gasteiger partial charge on any atom is 0.422 e. The first kappa shape index (κ1) is 24.2. The molecule has 2 aromatic rings. The highest BCUT2D eigenvalue weighted by atomic mass is 32.1. The lowest BCUT2D eigenvalue weighted by Crippen LogP contribution is -2.24. The van der Waals surface area contributed by atoms with Crippen LogP contribution in [0.15, 0.2) is 0 Å². The van der Waals surface area contributed by atoms with Crippen LogP contribution >= 0.6 is 23.6 Å². The predicted molar refractivity (Wildman–Crippen MR) is 108 cm³/mol. The van der Waals surface area contributed by atoms with Crippen LogP contribution in [0.5, 0.6) is 0 Å². The highest BCUT2D eigenvalue weighted by molar-refractivity contribution is 7.80. The number of methoxy groups -OCH3 is 1. The summed E-state index contributed by atoms with van der Waals surface area (Å²) >= 11 is 6.05. The molecule has 1 aliphatic carbocycles. The fourth-order valence-electron chi connectivity index (χ4n) is 3.40. The van der Waals surface area contributed by atoms with E-state index in [1.54, 1.807) is 0 Å². The maximum absolute atomic E-state index is 14.1. The fraction of sp³-hybridized carbons (Fsp3) is 0.368. The largest absolute Gasteiger partial charge is 0.465 e. The zero-order valence-corrected chi connectivity index (χ0v) is 18.1. The standard InChI is InChI=1S/C19H15F7N2O2S2/c1-6-3-4-7-8(5-6)32-16(9(7)17(29)30-2)28-18(31)27-15-13(22)11(20)10(19(24,25)26)12(21)14(15)23/h6H,3-5H2,1-2H3,(H2,27,28,31). The Hall–Kier alpha value is -2.41. The number of hydrogen-bond donors (Lipinski definition) is 2. The molecule has 0 spiro atoms. The normalized spacial score (nSPS) is 15.8. The number of fused-ring (bicyclic) bond motifs is 1. The third-order valence-corrected chi connectivity index (χ3v) is 6.29. The van der Waals surface area contributed by atoms with E-state index in [0.717, 1.165) is 35.3 Å². The van der Waals surface area contributed by atoms with E-state index in [1.165, 1.54) is 0 Å². The minimum absolute atomic E-state index is 0.161. The van der Waals surface area contributed by atoms with E-state index < -0.39 is 51.8 Å². The number of esters is 1. The Morgan fingerprint density at radius 2 is 1.69 bits per heavy atom.